The normalized spacial score (nSPS) is 12.1. The second kappa shape index (κ2) is 8.92. The smallest absolute Gasteiger partial charge is 0.411 e. The monoisotopic (exact) mass is 404 g/mol. The van der Waals surface area contributed by atoms with Gasteiger partial charge in [0.1, 0.15) is 5.82 Å². The number of benzene rings is 1. The molecule has 0 saturated carbocycles. The van der Waals surface area contributed by atoms with Gasteiger partial charge in [0, 0.05) is 23.0 Å². The van der Waals surface area contributed by atoms with Crippen molar-refractivity contribution < 1.29 is 18.1 Å². The van der Waals surface area contributed by atoms with E-state index >= 15 is 0 Å². The zero-order valence-electron chi connectivity index (χ0n) is 15.6. The van der Waals surface area contributed by atoms with Crippen molar-refractivity contribution in [2.45, 2.75) is 31.6 Å². The summed E-state index contributed by atoms with van der Waals surface area (Å²) < 4.78 is 32.6. The average molecular weight is 404 g/mol. The van der Waals surface area contributed by atoms with Crippen LogP contribution < -0.4 is 5.32 Å². The Hall–Kier alpha value is -2.81. The standard InChI is InChI=1S/C19H21FN4O3S/c1-3-5-6-28(26)17-7-13-11-22-24(18(13)21-12-17)16-9-14(20)8-15(10-16)23-19(25)27-4-2/h7-12H,3-6H2,1-2H3,(H,23,25)/t28-/m0/s1. The maximum absolute atomic E-state index is 14.1. The van der Waals surface area contributed by atoms with E-state index < -0.39 is 22.7 Å². The van der Waals surface area contributed by atoms with Gasteiger partial charge in [0.15, 0.2) is 5.65 Å². The molecule has 0 spiro atoms. The summed E-state index contributed by atoms with van der Waals surface area (Å²) in [6.07, 6.45) is 4.33. The molecule has 0 unspecified atom stereocenters. The van der Waals surface area contributed by atoms with E-state index in [0.717, 1.165) is 12.8 Å². The van der Waals surface area contributed by atoms with Gasteiger partial charge in [-0.1, -0.05) is 13.3 Å². The lowest BCUT2D eigenvalue weighted by Crippen LogP contribution is -2.13. The number of unbranched alkanes of at least 4 members (excludes halogenated alkanes) is 1. The Morgan fingerprint density at radius 3 is 2.82 bits per heavy atom. The molecule has 1 aromatic carbocycles. The molecule has 0 saturated heterocycles. The number of hydrogen-bond donors (Lipinski definition) is 1. The number of ether oxygens (including phenoxy) is 1. The number of anilines is 1. The van der Waals surface area contributed by atoms with Crippen LogP contribution in [0.4, 0.5) is 14.9 Å². The van der Waals surface area contributed by atoms with Crippen LogP contribution in [0.15, 0.2) is 41.6 Å². The Morgan fingerprint density at radius 2 is 2.07 bits per heavy atom. The molecular formula is C19H21FN4O3S. The third-order valence-electron chi connectivity index (χ3n) is 3.98. The number of nitrogens with one attached hydrogen (secondary N) is 1. The Balaban J connectivity index is 1.92. The molecule has 0 aliphatic heterocycles. The molecule has 0 fully saturated rings. The quantitative estimate of drug-likeness (QED) is 0.642. The highest BCUT2D eigenvalue weighted by atomic mass is 32.2. The summed E-state index contributed by atoms with van der Waals surface area (Å²) in [7, 11) is -1.11. The van der Waals surface area contributed by atoms with Gasteiger partial charge in [0.2, 0.25) is 0 Å². The van der Waals surface area contributed by atoms with Crippen LogP contribution in [0.3, 0.4) is 0 Å². The molecule has 2 aromatic heterocycles. The highest BCUT2D eigenvalue weighted by molar-refractivity contribution is 7.85. The summed E-state index contributed by atoms with van der Waals surface area (Å²) in [4.78, 5) is 16.6. The van der Waals surface area contributed by atoms with Crippen molar-refractivity contribution in [1.29, 1.82) is 0 Å². The van der Waals surface area contributed by atoms with E-state index in [1.54, 1.807) is 31.5 Å². The molecule has 1 atom stereocenters. The lowest BCUT2D eigenvalue weighted by Gasteiger charge is -2.09. The van der Waals surface area contributed by atoms with Crippen LogP contribution in [-0.2, 0) is 15.5 Å². The Labute approximate surface area is 164 Å². The minimum absolute atomic E-state index is 0.212. The van der Waals surface area contributed by atoms with Gasteiger partial charge in [-0.25, -0.2) is 18.9 Å². The first-order valence-corrected chi connectivity index (χ1v) is 10.3. The lowest BCUT2D eigenvalue weighted by molar-refractivity contribution is 0.168. The van der Waals surface area contributed by atoms with E-state index in [1.165, 1.54) is 16.8 Å². The van der Waals surface area contributed by atoms with Crippen LogP contribution in [0.2, 0.25) is 0 Å². The molecule has 0 aliphatic rings. The molecule has 1 N–H and O–H groups in total. The van der Waals surface area contributed by atoms with Gasteiger partial charge in [-0.2, -0.15) is 5.10 Å². The number of aromatic nitrogens is 3. The Morgan fingerprint density at radius 1 is 1.25 bits per heavy atom. The summed E-state index contributed by atoms with van der Waals surface area (Å²) >= 11 is 0. The van der Waals surface area contributed by atoms with Crippen molar-refractivity contribution in [2.75, 3.05) is 17.7 Å². The SMILES string of the molecule is CCCC[S@](=O)c1cnc2c(cnn2-c2cc(F)cc(NC(=O)OCC)c2)c1. The molecule has 148 valence electrons. The molecule has 3 rings (SSSR count). The predicted octanol–water partition coefficient (Wildman–Crippen LogP) is 4.04. The van der Waals surface area contributed by atoms with Crippen molar-refractivity contribution in [3.05, 3.63) is 42.5 Å². The number of hydrogen-bond acceptors (Lipinski definition) is 5. The van der Waals surface area contributed by atoms with Crippen molar-refractivity contribution in [3.63, 3.8) is 0 Å². The molecule has 7 nitrogen and oxygen atoms in total. The number of pyridine rings is 1. The second-order valence-electron chi connectivity index (χ2n) is 6.09. The zero-order valence-corrected chi connectivity index (χ0v) is 16.5. The summed E-state index contributed by atoms with van der Waals surface area (Å²) in [6.45, 7) is 3.94. The minimum atomic E-state index is -1.11. The number of nitrogens with zero attached hydrogens (tertiary/aromatic N) is 3. The fourth-order valence-electron chi connectivity index (χ4n) is 2.66. The minimum Gasteiger partial charge on any atom is -0.450 e. The van der Waals surface area contributed by atoms with Gasteiger partial charge in [-0.05, 0) is 37.6 Å². The fourth-order valence-corrected chi connectivity index (χ4v) is 3.88. The van der Waals surface area contributed by atoms with Crippen LogP contribution >= 0.6 is 0 Å². The van der Waals surface area contributed by atoms with Crippen molar-refractivity contribution in [1.82, 2.24) is 14.8 Å². The van der Waals surface area contributed by atoms with E-state index in [-0.39, 0.29) is 12.3 Å². The molecule has 2 heterocycles. The fraction of sp³-hybridized carbons (Fsp3) is 0.316. The number of rotatable bonds is 7. The molecule has 1 amide bonds. The Kier molecular flexibility index (Phi) is 6.35. The maximum atomic E-state index is 14.1. The Bertz CT molecular complexity index is 1020. The van der Waals surface area contributed by atoms with E-state index in [1.807, 2.05) is 6.92 Å². The van der Waals surface area contributed by atoms with E-state index in [2.05, 4.69) is 15.4 Å². The number of amides is 1. The van der Waals surface area contributed by atoms with E-state index in [9.17, 15) is 13.4 Å². The predicted molar refractivity (Wildman–Crippen MR) is 106 cm³/mol. The van der Waals surface area contributed by atoms with Gasteiger partial charge in [-0.15, -0.1) is 0 Å². The van der Waals surface area contributed by atoms with Crippen molar-refractivity contribution >= 4 is 33.6 Å². The summed E-state index contributed by atoms with van der Waals surface area (Å²) in [5, 5.41) is 7.45. The van der Waals surface area contributed by atoms with Crippen LogP contribution in [0.1, 0.15) is 26.7 Å². The topological polar surface area (TPSA) is 86.1 Å². The largest absolute Gasteiger partial charge is 0.450 e. The van der Waals surface area contributed by atoms with Gasteiger partial charge in [0.25, 0.3) is 0 Å². The molecule has 0 aliphatic carbocycles. The summed E-state index contributed by atoms with van der Waals surface area (Å²) in [6, 6.07) is 5.84. The highest BCUT2D eigenvalue weighted by Crippen LogP contribution is 2.22. The van der Waals surface area contributed by atoms with Crippen LogP contribution in [0.25, 0.3) is 16.7 Å². The van der Waals surface area contributed by atoms with Gasteiger partial charge < -0.3 is 4.74 Å². The second-order valence-corrected chi connectivity index (χ2v) is 7.66. The highest BCUT2D eigenvalue weighted by Gasteiger charge is 2.13. The molecular weight excluding hydrogens is 383 g/mol. The molecule has 0 radical (unpaired) electrons. The third-order valence-corrected chi connectivity index (χ3v) is 5.39. The lowest BCUT2D eigenvalue weighted by atomic mass is 10.2. The molecule has 0 bridgehead atoms. The van der Waals surface area contributed by atoms with E-state index in [4.69, 9.17) is 4.74 Å². The first-order valence-electron chi connectivity index (χ1n) is 8.98. The number of fused-ring (bicyclic) bond motifs is 1. The first-order chi connectivity index (χ1) is 13.5. The summed E-state index contributed by atoms with van der Waals surface area (Å²) in [5.41, 5.74) is 1.15. The first kappa shape index (κ1) is 19.9. The number of halogens is 1. The van der Waals surface area contributed by atoms with Crippen LogP contribution in [-0.4, -0.2) is 37.4 Å². The molecule has 9 heteroatoms. The van der Waals surface area contributed by atoms with Crippen molar-refractivity contribution in [3.8, 4) is 5.69 Å². The van der Waals surface area contributed by atoms with Crippen LogP contribution in [0, 0.1) is 5.82 Å². The summed E-state index contributed by atoms with van der Waals surface area (Å²) in [5.74, 6) is 0.0511. The maximum Gasteiger partial charge on any atom is 0.411 e. The third kappa shape index (κ3) is 4.53. The van der Waals surface area contributed by atoms with Crippen LogP contribution in [0.5, 0.6) is 0 Å². The van der Waals surface area contributed by atoms with Gasteiger partial charge in [0.05, 0.1) is 34.2 Å². The van der Waals surface area contributed by atoms with Gasteiger partial charge >= 0.3 is 6.09 Å². The number of carbonyl (C=O) groups is 1. The van der Waals surface area contributed by atoms with Gasteiger partial charge in [-0.3, -0.25) is 9.53 Å². The molecule has 3 aromatic rings. The van der Waals surface area contributed by atoms with E-state index in [0.29, 0.717) is 27.4 Å². The average Bonchev–Trinajstić information content (AvgIpc) is 3.09. The van der Waals surface area contributed by atoms with Crippen molar-refractivity contribution in [2.24, 2.45) is 0 Å². The zero-order chi connectivity index (χ0) is 20.1. The number of carbonyl (C=O) groups excluding carboxylic acids is 1. The molecule has 28 heavy (non-hydrogen) atoms.